The fourth-order valence-electron chi connectivity index (χ4n) is 1.40. The third-order valence-electron chi connectivity index (χ3n) is 2.28. The van der Waals surface area contributed by atoms with Crippen molar-refractivity contribution in [1.29, 1.82) is 0 Å². The topological polar surface area (TPSA) is 24.4 Å². The molecule has 2 aromatic carbocycles. The van der Waals surface area contributed by atoms with Crippen LogP contribution in [-0.4, -0.2) is 4.62 Å². The van der Waals surface area contributed by atoms with Gasteiger partial charge in [-0.05, 0) is 39.7 Å². The van der Waals surface area contributed by atoms with Crippen molar-refractivity contribution in [2.75, 3.05) is 5.43 Å². The predicted molar refractivity (Wildman–Crippen MR) is 81.9 cm³/mol. The van der Waals surface area contributed by atoms with Gasteiger partial charge in [0, 0.05) is 0 Å². The Bertz CT molecular complexity index is 533. The van der Waals surface area contributed by atoms with E-state index in [0.29, 0.717) is 0 Å². The third kappa shape index (κ3) is 4.18. The number of nitrogens with zero attached hydrogens (tertiary/aromatic N) is 1. The second-order valence-electron chi connectivity index (χ2n) is 3.66. The van der Waals surface area contributed by atoms with E-state index in [2.05, 4.69) is 26.5 Å². The Morgan fingerprint density at radius 2 is 1.56 bits per heavy atom. The summed E-state index contributed by atoms with van der Waals surface area (Å²) in [5, 5.41) is 4.21. The molecule has 0 bridgehead atoms. The summed E-state index contributed by atoms with van der Waals surface area (Å²) in [6.45, 7) is 0. The van der Waals surface area contributed by atoms with Gasteiger partial charge in [-0.25, -0.2) is 0 Å². The SMILES string of the molecule is BrC(/C=C/c1ccccc1)=NNc1ccccc1. The molecule has 0 aromatic heterocycles. The van der Waals surface area contributed by atoms with Crippen molar-refractivity contribution in [1.82, 2.24) is 0 Å². The van der Waals surface area contributed by atoms with Crippen LogP contribution in [0.3, 0.4) is 0 Å². The van der Waals surface area contributed by atoms with E-state index >= 15 is 0 Å². The van der Waals surface area contributed by atoms with Crippen molar-refractivity contribution in [2.45, 2.75) is 0 Å². The molecule has 0 saturated heterocycles. The lowest BCUT2D eigenvalue weighted by molar-refractivity contribution is 1.35. The quantitative estimate of drug-likeness (QED) is 0.651. The van der Waals surface area contributed by atoms with Crippen LogP contribution in [-0.2, 0) is 0 Å². The van der Waals surface area contributed by atoms with Crippen LogP contribution >= 0.6 is 15.9 Å². The van der Waals surface area contributed by atoms with E-state index in [9.17, 15) is 0 Å². The monoisotopic (exact) mass is 300 g/mol. The normalized spacial score (nSPS) is 11.7. The van der Waals surface area contributed by atoms with Gasteiger partial charge < -0.3 is 0 Å². The maximum Gasteiger partial charge on any atom is 0.126 e. The Morgan fingerprint density at radius 1 is 0.944 bits per heavy atom. The van der Waals surface area contributed by atoms with Crippen LogP contribution < -0.4 is 5.43 Å². The van der Waals surface area contributed by atoms with E-state index in [1.807, 2.05) is 72.8 Å². The van der Waals surface area contributed by atoms with Crippen molar-refractivity contribution in [3.05, 3.63) is 72.3 Å². The highest BCUT2D eigenvalue weighted by atomic mass is 79.9. The van der Waals surface area contributed by atoms with Crippen LogP contribution in [0, 0.1) is 0 Å². The number of nitrogens with one attached hydrogen (secondary N) is 1. The number of para-hydroxylation sites is 1. The van der Waals surface area contributed by atoms with Crippen molar-refractivity contribution in [3.8, 4) is 0 Å². The molecule has 0 fully saturated rings. The van der Waals surface area contributed by atoms with Crippen LogP contribution in [0.2, 0.25) is 0 Å². The molecule has 18 heavy (non-hydrogen) atoms. The summed E-state index contributed by atoms with van der Waals surface area (Å²) in [4.78, 5) is 0. The fourth-order valence-corrected chi connectivity index (χ4v) is 1.62. The molecule has 2 nitrogen and oxygen atoms in total. The molecule has 3 heteroatoms. The molecule has 0 aliphatic heterocycles. The number of rotatable bonds is 4. The summed E-state index contributed by atoms with van der Waals surface area (Å²) in [6.07, 6.45) is 3.91. The van der Waals surface area contributed by atoms with Crippen molar-refractivity contribution >= 4 is 32.3 Å². The van der Waals surface area contributed by atoms with Crippen LogP contribution in [0.25, 0.3) is 6.08 Å². The van der Waals surface area contributed by atoms with Gasteiger partial charge in [-0.15, -0.1) is 0 Å². The maximum absolute atomic E-state index is 4.21. The second-order valence-corrected chi connectivity index (χ2v) is 4.47. The first-order valence-corrected chi connectivity index (χ1v) is 6.41. The molecule has 0 spiro atoms. The predicted octanol–water partition coefficient (Wildman–Crippen LogP) is 4.52. The first-order chi connectivity index (χ1) is 8.84. The number of hydrogen-bond donors (Lipinski definition) is 1. The standard InChI is InChI=1S/C15H13BrN2/c16-15(12-11-13-7-3-1-4-8-13)18-17-14-9-5-2-6-10-14/h1-12,17H/b12-11+,18-15?. The van der Waals surface area contributed by atoms with Gasteiger partial charge in [0.25, 0.3) is 0 Å². The minimum absolute atomic E-state index is 0.746. The second kappa shape index (κ2) is 6.77. The Hall–Kier alpha value is -1.87. The maximum atomic E-state index is 4.21. The Kier molecular flexibility index (Phi) is 4.73. The van der Waals surface area contributed by atoms with Crippen molar-refractivity contribution in [2.24, 2.45) is 5.10 Å². The summed E-state index contributed by atoms with van der Waals surface area (Å²) in [5.74, 6) is 0. The molecule has 0 atom stereocenters. The van der Waals surface area contributed by atoms with E-state index in [1.54, 1.807) is 0 Å². The van der Waals surface area contributed by atoms with Gasteiger partial charge >= 0.3 is 0 Å². The lowest BCUT2D eigenvalue weighted by Crippen LogP contribution is -1.91. The molecule has 0 amide bonds. The molecular formula is C15H13BrN2. The van der Waals surface area contributed by atoms with Gasteiger partial charge in [0.05, 0.1) is 5.69 Å². The lowest BCUT2D eigenvalue weighted by Gasteiger charge is -1.98. The molecule has 2 rings (SSSR count). The smallest absolute Gasteiger partial charge is 0.126 e. The van der Waals surface area contributed by atoms with E-state index < -0.39 is 0 Å². The van der Waals surface area contributed by atoms with E-state index in [4.69, 9.17) is 0 Å². The fraction of sp³-hybridized carbons (Fsp3) is 0. The number of hydrogen-bond acceptors (Lipinski definition) is 2. The first kappa shape index (κ1) is 12.6. The average Bonchev–Trinajstić information content (AvgIpc) is 2.45. The summed E-state index contributed by atoms with van der Waals surface area (Å²) in [6, 6.07) is 19.9. The van der Waals surface area contributed by atoms with Crippen LogP contribution in [0.4, 0.5) is 5.69 Å². The van der Waals surface area contributed by atoms with Gasteiger partial charge in [0.1, 0.15) is 4.62 Å². The number of hydrazone groups is 1. The lowest BCUT2D eigenvalue weighted by atomic mass is 10.2. The zero-order valence-corrected chi connectivity index (χ0v) is 11.3. The van der Waals surface area contributed by atoms with Gasteiger partial charge in [0.2, 0.25) is 0 Å². The molecule has 2 aromatic rings. The first-order valence-electron chi connectivity index (χ1n) is 5.62. The number of benzene rings is 2. The molecule has 90 valence electrons. The highest BCUT2D eigenvalue weighted by molar-refractivity contribution is 9.18. The molecule has 0 unspecified atom stereocenters. The highest BCUT2D eigenvalue weighted by Crippen LogP contribution is 2.07. The van der Waals surface area contributed by atoms with Crippen molar-refractivity contribution < 1.29 is 0 Å². The van der Waals surface area contributed by atoms with Crippen LogP contribution in [0.1, 0.15) is 5.56 Å². The number of anilines is 1. The Labute approximate surface area is 115 Å². The van der Waals surface area contributed by atoms with Crippen molar-refractivity contribution in [3.63, 3.8) is 0 Å². The summed E-state index contributed by atoms with van der Waals surface area (Å²) in [5.41, 5.74) is 5.07. The third-order valence-corrected chi connectivity index (χ3v) is 2.72. The van der Waals surface area contributed by atoms with Gasteiger partial charge in [-0.3, -0.25) is 5.43 Å². The zero-order valence-electron chi connectivity index (χ0n) is 9.75. The molecule has 0 aliphatic rings. The number of allylic oxidation sites excluding steroid dienone is 1. The van der Waals surface area contributed by atoms with Gasteiger partial charge in [0.15, 0.2) is 0 Å². The average molecular weight is 301 g/mol. The highest BCUT2D eigenvalue weighted by Gasteiger charge is 1.89. The van der Waals surface area contributed by atoms with Gasteiger partial charge in [-0.2, -0.15) is 5.10 Å². The Morgan fingerprint density at radius 3 is 2.22 bits per heavy atom. The Balaban J connectivity index is 1.96. The molecule has 1 N–H and O–H groups in total. The molecule has 0 saturated carbocycles. The van der Waals surface area contributed by atoms with E-state index in [1.165, 1.54) is 0 Å². The van der Waals surface area contributed by atoms with Gasteiger partial charge in [-0.1, -0.05) is 54.6 Å². The summed E-state index contributed by atoms with van der Waals surface area (Å²) in [7, 11) is 0. The number of halogens is 1. The largest absolute Gasteiger partial charge is 0.277 e. The molecule has 0 radical (unpaired) electrons. The zero-order chi connectivity index (χ0) is 12.6. The van der Waals surface area contributed by atoms with E-state index in [-0.39, 0.29) is 0 Å². The molecule has 0 heterocycles. The molecule has 0 aliphatic carbocycles. The summed E-state index contributed by atoms with van der Waals surface area (Å²) < 4.78 is 0.746. The van der Waals surface area contributed by atoms with E-state index in [0.717, 1.165) is 15.9 Å². The minimum Gasteiger partial charge on any atom is -0.277 e. The minimum atomic E-state index is 0.746. The van der Waals surface area contributed by atoms with Crippen LogP contribution in [0.15, 0.2) is 71.8 Å². The molecular weight excluding hydrogens is 288 g/mol. The van der Waals surface area contributed by atoms with Crippen LogP contribution in [0.5, 0.6) is 0 Å². The summed E-state index contributed by atoms with van der Waals surface area (Å²) >= 11 is 3.39.